The molecule has 0 aromatic carbocycles. The minimum Gasteiger partial charge on any atom is -0.328 e. The van der Waals surface area contributed by atoms with Crippen molar-refractivity contribution < 1.29 is 0 Å². The van der Waals surface area contributed by atoms with Crippen molar-refractivity contribution in [1.82, 2.24) is 0 Å². The average Bonchev–Trinajstić information content (AvgIpc) is 1.95. The molecule has 0 aliphatic heterocycles. The van der Waals surface area contributed by atoms with Crippen LogP contribution >= 0.6 is 0 Å². The summed E-state index contributed by atoms with van der Waals surface area (Å²) in [5.74, 6) is 0.792. The van der Waals surface area contributed by atoms with E-state index in [1.165, 1.54) is 25.7 Å². The van der Waals surface area contributed by atoms with Crippen LogP contribution in [-0.4, -0.2) is 6.04 Å². The first-order valence-corrected chi connectivity index (χ1v) is 5.57. The monoisotopic (exact) mass is 185 g/mol. The highest BCUT2D eigenvalue weighted by Crippen LogP contribution is 2.22. The van der Waals surface area contributed by atoms with Crippen LogP contribution in [0.25, 0.3) is 0 Å². The van der Waals surface area contributed by atoms with Gasteiger partial charge in [0.15, 0.2) is 0 Å². The third-order valence-corrected chi connectivity index (χ3v) is 2.38. The third-order valence-electron chi connectivity index (χ3n) is 2.38. The van der Waals surface area contributed by atoms with E-state index in [0.717, 1.165) is 5.92 Å². The van der Waals surface area contributed by atoms with Gasteiger partial charge in [0.05, 0.1) is 0 Å². The van der Waals surface area contributed by atoms with Crippen molar-refractivity contribution in [3.8, 4) is 0 Å². The Hall–Kier alpha value is -0.0400. The minimum absolute atomic E-state index is 0.418. The largest absolute Gasteiger partial charge is 0.328 e. The highest BCUT2D eigenvalue weighted by molar-refractivity contribution is 4.68. The Kier molecular flexibility index (Phi) is 5.62. The van der Waals surface area contributed by atoms with Crippen molar-refractivity contribution in [2.24, 2.45) is 17.1 Å². The van der Waals surface area contributed by atoms with Crippen LogP contribution < -0.4 is 5.73 Å². The lowest BCUT2D eigenvalue weighted by Crippen LogP contribution is -2.22. The quantitative estimate of drug-likeness (QED) is 0.696. The lowest BCUT2D eigenvalue weighted by Gasteiger charge is -2.21. The van der Waals surface area contributed by atoms with E-state index < -0.39 is 0 Å². The second-order valence-corrected chi connectivity index (χ2v) is 5.83. The van der Waals surface area contributed by atoms with Crippen molar-refractivity contribution in [2.45, 2.75) is 66.3 Å². The maximum absolute atomic E-state index is 6.03. The van der Waals surface area contributed by atoms with Crippen LogP contribution in [0, 0.1) is 11.3 Å². The normalized spacial score (nSPS) is 15.0. The zero-order valence-electron chi connectivity index (χ0n) is 10.1. The first-order valence-electron chi connectivity index (χ1n) is 5.57. The number of hydrogen-bond acceptors (Lipinski definition) is 1. The van der Waals surface area contributed by atoms with Crippen LogP contribution in [0.4, 0.5) is 0 Å². The first kappa shape index (κ1) is 13.0. The summed E-state index contributed by atoms with van der Waals surface area (Å²) in [6.07, 6.45) is 4.88. The van der Waals surface area contributed by atoms with Crippen LogP contribution in [0.1, 0.15) is 60.3 Å². The van der Waals surface area contributed by atoms with Crippen LogP contribution in [0.2, 0.25) is 0 Å². The Morgan fingerprint density at radius 2 is 1.54 bits per heavy atom. The number of rotatable bonds is 5. The Labute approximate surface area is 84.1 Å². The van der Waals surface area contributed by atoms with E-state index in [-0.39, 0.29) is 0 Å². The second kappa shape index (κ2) is 5.64. The van der Waals surface area contributed by atoms with Gasteiger partial charge >= 0.3 is 0 Å². The van der Waals surface area contributed by atoms with Gasteiger partial charge in [-0.2, -0.15) is 0 Å². The summed E-state index contributed by atoms with van der Waals surface area (Å²) in [6.45, 7) is 11.4. The maximum Gasteiger partial charge on any atom is 0.00391 e. The van der Waals surface area contributed by atoms with E-state index in [1.807, 2.05) is 0 Å². The molecular formula is C12H27N. The molecule has 1 atom stereocenters. The van der Waals surface area contributed by atoms with E-state index in [9.17, 15) is 0 Å². The van der Waals surface area contributed by atoms with Gasteiger partial charge in [-0.1, -0.05) is 34.6 Å². The second-order valence-electron chi connectivity index (χ2n) is 5.83. The molecule has 0 heterocycles. The van der Waals surface area contributed by atoms with E-state index in [0.29, 0.717) is 11.5 Å². The van der Waals surface area contributed by atoms with Gasteiger partial charge in [-0.3, -0.25) is 0 Å². The van der Waals surface area contributed by atoms with Gasteiger partial charge in [-0.05, 0) is 37.0 Å². The molecule has 0 aromatic heterocycles. The first-order chi connectivity index (χ1) is 5.81. The molecule has 0 bridgehead atoms. The molecule has 0 fully saturated rings. The molecule has 0 saturated carbocycles. The lowest BCUT2D eigenvalue weighted by molar-refractivity contribution is 0.337. The Bertz CT molecular complexity index is 122. The van der Waals surface area contributed by atoms with Gasteiger partial charge in [0.2, 0.25) is 0 Å². The van der Waals surface area contributed by atoms with Crippen molar-refractivity contribution in [2.75, 3.05) is 0 Å². The average molecular weight is 185 g/mol. The van der Waals surface area contributed by atoms with E-state index in [4.69, 9.17) is 5.73 Å². The Balaban J connectivity index is 3.46. The number of hydrogen-bond donors (Lipinski definition) is 1. The molecule has 80 valence electrons. The topological polar surface area (TPSA) is 26.0 Å². The van der Waals surface area contributed by atoms with Crippen molar-refractivity contribution in [1.29, 1.82) is 0 Å². The molecule has 1 nitrogen and oxygen atoms in total. The summed E-state index contributed by atoms with van der Waals surface area (Å²) in [5, 5.41) is 0. The van der Waals surface area contributed by atoms with E-state index in [1.54, 1.807) is 0 Å². The summed E-state index contributed by atoms with van der Waals surface area (Å²) in [6, 6.07) is 0.418. The molecule has 0 saturated heterocycles. The molecule has 13 heavy (non-hydrogen) atoms. The van der Waals surface area contributed by atoms with Crippen LogP contribution in [0.5, 0.6) is 0 Å². The minimum atomic E-state index is 0.418. The molecule has 0 aromatic rings. The molecule has 0 aliphatic carbocycles. The van der Waals surface area contributed by atoms with Crippen molar-refractivity contribution in [3.63, 3.8) is 0 Å². The maximum atomic E-state index is 6.03. The zero-order valence-corrected chi connectivity index (χ0v) is 10.1. The smallest absolute Gasteiger partial charge is 0.00391 e. The Morgan fingerprint density at radius 1 is 1.00 bits per heavy atom. The molecule has 0 amide bonds. The predicted molar refractivity (Wildman–Crippen MR) is 60.7 cm³/mol. The molecule has 0 aliphatic rings. The van der Waals surface area contributed by atoms with Gasteiger partial charge in [-0.15, -0.1) is 0 Å². The van der Waals surface area contributed by atoms with Gasteiger partial charge in [0.1, 0.15) is 0 Å². The van der Waals surface area contributed by atoms with Crippen LogP contribution in [0.3, 0.4) is 0 Å². The molecule has 0 spiro atoms. The standard InChI is InChI=1S/C12H27N/c1-10(2)6-7-11(13)8-9-12(3,4)5/h10-11H,6-9,13H2,1-5H3. The zero-order chi connectivity index (χ0) is 10.5. The molecule has 0 radical (unpaired) electrons. The Morgan fingerprint density at radius 3 is 1.92 bits per heavy atom. The molecule has 2 N–H and O–H groups in total. The summed E-state index contributed by atoms with van der Waals surface area (Å²) in [7, 11) is 0. The fourth-order valence-electron chi connectivity index (χ4n) is 1.31. The van der Waals surface area contributed by atoms with Gasteiger partial charge in [0.25, 0.3) is 0 Å². The van der Waals surface area contributed by atoms with Crippen molar-refractivity contribution >= 4 is 0 Å². The van der Waals surface area contributed by atoms with E-state index >= 15 is 0 Å². The highest BCUT2D eigenvalue weighted by Gasteiger charge is 2.12. The summed E-state index contributed by atoms with van der Waals surface area (Å²) >= 11 is 0. The highest BCUT2D eigenvalue weighted by atomic mass is 14.6. The van der Waals surface area contributed by atoms with E-state index in [2.05, 4.69) is 34.6 Å². The molecule has 1 unspecified atom stereocenters. The fraction of sp³-hybridized carbons (Fsp3) is 1.00. The fourth-order valence-corrected chi connectivity index (χ4v) is 1.31. The van der Waals surface area contributed by atoms with Crippen LogP contribution in [0.15, 0.2) is 0 Å². The molecular weight excluding hydrogens is 158 g/mol. The number of nitrogens with two attached hydrogens (primary N) is 1. The SMILES string of the molecule is CC(C)CCC(N)CCC(C)(C)C. The van der Waals surface area contributed by atoms with Gasteiger partial charge in [-0.25, -0.2) is 0 Å². The third kappa shape index (κ3) is 9.88. The predicted octanol–water partition coefficient (Wildman–Crippen LogP) is 3.58. The molecule has 1 heteroatoms. The molecule has 0 rings (SSSR count). The lowest BCUT2D eigenvalue weighted by atomic mass is 9.87. The summed E-state index contributed by atoms with van der Waals surface area (Å²) in [5.41, 5.74) is 6.47. The summed E-state index contributed by atoms with van der Waals surface area (Å²) in [4.78, 5) is 0. The van der Waals surface area contributed by atoms with Gasteiger partial charge in [0, 0.05) is 6.04 Å². The summed E-state index contributed by atoms with van der Waals surface area (Å²) < 4.78 is 0. The van der Waals surface area contributed by atoms with Crippen LogP contribution in [-0.2, 0) is 0 Å². The van der Waals surface area contributed by atoms with Gasteiger partial charge < -0.3 is 5.73 Å². The van der Waals surface area contributed by atoms with Crippen molar-refractivity contribution in [3.05, 3.63) is 0 Å².